The van der Waals surface area contributed by atoms with Crippen molar-refractivity contribution in [1.82, 2.24) is 5.32 Å². The van der Waals surface area contributed by atoms with E-state index in [-0.39, 0.29) is 5.91 Å². The molecule has 0 aromatic heterocycles. The number of alkyl halides is 2. The van der Waals surface area contributed by atoms with E-state index in [1.165, 1.54) is 0 Å². The van der Waals surface area contributed by atoms with Crippen LogP contribution in [-0.2, 0) is 4.79 Å². The van der Waals surface area contributed by atoms with Crippen molar-refractivity contribution in [1.29, 1.82) is 0 Å². The number of amides is 1. The Labute approximate surface area is 64.5 Å². The number of hydrogen-bond acceptors (Lipinski definition) is 1. The highest BCUT2D eigenvalue weighted by Gasteiger charge is 1.99. The Morgan fingerprint density at radius 2 is 2.22 bits per heavy atom. The van der Waals surface area contributed by atoms with Crippen molar-refractivity contribution in [2.24, 2.45) is 0 Å². The maximum atomic E-state index is 10.5. The maximum absolute atomic E-state index is 10.5. The summed E-state index contributed by atoms with van der Waals surface area (Å²) in [7, 11) is 0. The molecule has 0 aromatic rings. The van der Waals surface area contributed by atoms with E-state index >= 15 is 0 Å². The van der Waals surface area contributed by atoms with Crippen LogP contribution in [0.4, 0.5) is 0 Å². The van der Waals surface area contributed by atoms with Crippen molar-refractivity contribution in [2.45, 2.75) is 18.2 Å². The van der Waals surface area contributed by atoms with Crippen molar-refractivity contribution < 1.29 is 4.79 Å². The molecular weight excluding hydrogens is 161 g/mol. The smallest absolute Gasteiger partial charge is 0.219 e. The summed E-state index contributed by atoms with van der Waals surface area (Å²) in [6.07, 6.45) is 0.473. The zero-order valence-electron chi connectivity index (χ0n) is 5.16. The second-order valence-electron chi connectivity index (χ2n) is 1.55. The second kappa shape index (κ2) is 4.89. The first-order chi connectivity index (χ1) is 4.16. The zero-order chi connectivity index (χ0) is 7.28. The molecule has 4 heteroatoms. The first kappa shape index (κ1) is 9.05. The number of rotatable bonds is 3. The summed E-state index contributed by atoms with van der Waals surface area (Å²) in [6, 6.07) is 0. The lowest BCUT2D eigenvalue weighted by molar-refractivity contribution is -0.120. The monoisotopic (exact) mass is 169 g/mol. The molecule has 1 amide bonds. The van der Waals surface area contributed by atoms with Crippen LogP contribution in [0.3, 0.4) is 0 Å². The average molecular weight is 170 g/mol. The summed E-state index contributed by atoms with van der Waals surface area (Å²) < 4.78 is 0. The van der Waals surface area contributed by atoms with Gasteiger partial charge in [0, 0.05) is 13.0 Å². The SMILES string of the molecule is CCC(=O)NCC(Cl)Cl. The number of halogens is 2. The molecule has 0 aliphatic carbocycles. The van der Waals surface area contributed by atoms with E-state index in [0.717, 1.165) is 0 Å². The molecular formula is C5H9Cl2NO. The fourth-order valence-electron chi connectivity index (χ4n) is 0.316. The van der Waals surface area contributed by atoms with Crippen molar-refractivity contribution in [3.05, 3.63) is 0 Å². The van der Waals surface area contributed by atoms with Gasteiger partial charge in [0.1, 0.15) is 4.84 Å². The molecule has 0 atom stereocenters. The highest BCUT2D eigenvalue weighted by Crippen LogP contribution is 1.97. The molecule has 0 saturated carbocycles. The Morgan fingerprint density at radius 1 is 1.67 bits per heavy atom. The van der Waals surface area contributed by atoms with Gasteiger partial charge in [-0.25, -0.2) is 0 Å². The van der Waals surface area contributed by atoms with Crippen LogP contribution in [0.1, 0.15) is 13.3 Å². The third-order valence-corrected chi connectivity index (χ3v) is 1.08. The Kier molecular flexibility index (Phi) is 4.91. The lowest BCUT2D eigenvalue weighted by Gasteiger charge is -2.01. The van der Waals surface area contributed by atoms with Gasteiger partial charge in [0.2, 0.25) is 5.91 Å². The minimum atomic E-state index is -0.500. The molecule has 0 unspecified atom stereocenters. The first-order valence-electron chi connectivity index (χ1n) is 2.71. The van der Waals surface area contributed by atoms with Gasteiger partial charge < -0.3 is 5.32 Å². The molecule has 1 N–H and O–H groups in total. The number of carbonyl (C=O) groups is 1. The summed E-state index contributed by atoms with van der Waals surface area (Å²) in [5, 5.41) is 2.53. The standard InChI is InChI=1S/C5H9Cl2NO/c1-2-5(9)8-3-4(6)7/h4H,2-3H2,1H3,(H,8,9). The van der Waals surface area contributed by atoms with Crippen LogP contribution in [0.2, 0.25) is 0 Å². The van der Waals surface area contributed by atoms with E-state index in [2.05, 4.69) is 5.32 Å². The molecule has 0 aliphatic rings. The molecule has 9 heavy (non-hydrogen) atoms. The third-order valence-electron chi connectivity index (χ3n) is 0.775. The topological polar surface area (TPSA) is 29.1 Å². The minimum absolute atomic E-state index is 0.0266. The lowest BCUT2D eigenvalue weighted by Crippen LogP contribution is -2.26. The summed E-state index contributed by atoms with van der Waals surface area (Å²) in [4.78, 5) is 9.99. The molecule has 0 aliphatic heterocycles. The van der Waals surface area contributed by atoms with E-state index in [4.69, 9.17) is 23.2 Å². The summed E-state index contributed by atoms with van der Waals surface area (Å²) in [5.41, 5.74) is 0. The quantitative estimate of drug-likeness (QED) is 0.635. The number of carbonyl (C=O) groups excluding carboxylic acids is 1. The molecule has 2 nitrogen and oxygen atoms in total. The van der Waals surface area contributed by atoms with E-state index in [9.17, 15) is 4.79 Å². The van der Waals surface area contributed by atoms with Crippen LogP contribution >= 0.6 is 23.2 Å². The second-order valence-corrected chi connectivity index (χ2v) is 2.83. The number of hydrogen-bond donors (Lipinski definition) is 1. The average Bonchev–Trinajstić information content (AvgIpc) is 1.83. The third kappa shape index (κ3) is 5.93. The van der Waals surface area contributed by atoms with Crippen LogP contribution in [-0.4, -0.2) is 17.3 Å². The fourth-order valence-corrected chi connectivity index (χ4v) is 0.470. The van der Waals surface area contributed by atoms with Crippen LogP contribution < -0.4 is 5.32 Å². The summed E-state index contributed by atoms with van der Waals surface area (Å²) >= 11 is 10.7. The summed E-state index contributed by atoms with van der Waals surface area (Å²) in [6.45, 7) is 2.10. The first-order valence-corrected chi connectivity index (χ1v) is 3.59. The molecule has 0 bridgehead atoms. The minimum Gasteiger partial charge on any atom is -0.353 e. The molecule has 0 heterocycles. The predicted molar refractivity (Wildman–Crippen MR) is 38.8 cm³/mol. The Bertz CT molecular complexity index is 95.0. The van der Waals surface area contributed by atoms with Gasteiger partial charge in [-0.15, -0.1) is 23.2 Å². The van der Waals surface area contributed by atoms with E-state index in [0.29, 0.717) is 13.0 Å². The Morgan fingerprint density at radius 3 is 2.56 bits per heavy atom. The Balaban J connectivity index is 3.17. The summed E-state index contributed by atoms with van der Waals surface area (Å²) in [5.74, 6) is -0.0266. The van der Waals surface area contributed by atoms with Crippen LogP contribution in [0, 0.1) is 0 Å². The van der Waals surface area contributed by atoms with E-state index < -0.39 is 4.84 Å². The highest BCUT2D eigenvalue weighted by molar-refractivity contribution is 6.44. The zero-order valence-corrected chi connectivity index (χ0v) is 6.67. The predicted octanol–water partition coefficient (Wildman–Crippen LogP) is 1.32. The van der Waals surface area contributed by atoms with Gasteiger partial charge in [0.25, 0.3) is 0 Å². The van der Waals surface area contributed by atoms with Crippen molar-refractivity contribution in [2.75, 3.05) is 6.54 Å². The molecule has 0 rings (SSSR count). The van der Waals surface area contributed by atoms with Gasteiger partial charge in [-0.3, -0.25) is 4.79 Å². The van der Waals surface area contributed by atoms with Crippen molar-refractivity contribution in [3.8, 4) is 0 Å². The fraction of sp³-hybridized carbons (Fsp3) is 0.800. The molecule has 0 aromatic carbocycles. The highest BCUT2D eigenvalue weighted by atomic mass is 35.5. The molecule has 0 radical (unpaired) electrons. The van der Waals surface area contributed by atoms with Crippen molar-refractivity contribution >= 4 is 29.1 Å². The van der Waals surface area contributed by atoms with Gasteiger partial charge in [-0.2, -0.15) is 0 Å². The van der Waals surface area contributed by atoms with Gasteiger partial charge in [-0.1, -0.05) is 6.92 Å². The molecule has 0 spiro atoms. The molecule has 0 saturated heterocycles. The van der Waals surface area contributed by atoms with E-state index in [1.807, 2.05) is 0 Å². The van der Waals surface area contributed by atoms with Crippen molar-refractivity contribution in [3.63, 3.8) is 0 Å². The number of nitrogens with one attached hydrogen (secondary N) is 1. The maximum Gasteiger partial charge on any atom is 0.219 e. The lowest BCUT2D eigenvalue weighted by atomic mass is 10.4. The van der Waals surface area contributed by atoms with Crippen LogP contribution in [0.15, 0.2) is 0 Å². The Hall–Kier alpha value is 0.0500. The van der Waals surface area contributed by atoms with Gasteiger partial charge in [-0.05, 0) is 0 Å². The normalized spacial score (nSPS) is 9.78. The van der Waals surface area contributed by atoms with Gasteiger partial charge >= 0.3 is 0 Å². The largest absolute Gasteiger partial charge is 0.353 e. The van der Waals surface area contributed by atoms with Crippen LogP contribution in [0.5, 0.6) is 0 Å². The van der Waals surface area contributed by atoms with Gasteiger partial charge in [0.15, 0.2) is 0 Å². The molecule has 0 fully saturated rings. The van der Waals surface area contributed by atoms with Crippen LogP contribution in [0.25, 0.3) is 0 Å². The molecule has 54 valence electrons. The van der Waals surface area contributed by atoms with Gasteiger partial charge in [0.05, 0.1) is 0 Å². The van der Waals surface area contributed by atoms with E-state index in [1.54, 1.807) is 6.92 Å².